The van der Waals surface area contributed by atoms with Crippen molar-refractivity contribution in [2.75, 3.05) is 6.61 Å². The third-order valence-corrected chi connectivity index (χ3v) is 3.74. The van der Waals surface area contributed by atoms with E-state index < -0.39 is 17.4 Å². The van der Waals surface area contributed by atoms with Crippen LogP contribution >= 0.6 is 0 Å². The molecular weight excluding hydrogens is 339 g/mol. The molecule has 136 valence electrons. The van der Waals surface area contributed by atoms with Gasteiger partial charge >= 0.3 is 11.8 Å². The number of amides is 1. The van der Waals surface area contributed by atoms with Gasteiger partial charge < -0.3 is 14.5 Å². The Bertz CT molecular complexity index is 810. The lowest BCUT2D eigenvalue weighted by Crippen LogP contribution is -2.37. The van der Waals surface area contributed by atoms with Crippen molar-refractivity contribution in [1.29, 1.82) is 0 Å². The fraction of sp³-hybridized carbons (Fsp3) is 0.412. The predicted molar refractivity (Wildman–Crippen MR) is 85.5 cm³/mol. The highest BCUT2D eigenvalue weighted by Crippen LogP contribution is 2.34. The normalized spacial score (nSPS) is 11.8. The summed E-state index contributed by atoms with van der Waals surface area (Å²) in [7, 11) is 0. The van der Waals surface area contributed by atoms with Crippen LogP contribution in [-0.4, -0.2) is 18.6 Å². The molecule has 0 atom stereocenters. The quantitative estimate of drug-likeness (QED) is 0.804. The summed E-state index contributed by atoms with van der Waals surface area (Å²) in [6, 6.07) is 4.06. The van der Waals surface area contributed by atoms with Gasteiger partial charge in [0.2, 0.25) is 0 Å². The first-order chi connectivity index (χ1) is 11.7. The molecule has 5 nitrogen and oxygen atoms in total. The summed E-state index contributed by atoms with van der Waals surface area (Å²) < 4.78 is 49.0. The van der Waals surface area contributed by atoms with Crippen molar-refractivity contribution in [2.45, 2.75) is 38.9 Å². The maximum absolute atomic E-state index is 13.0. The van der Waals surface area contributed by atoms with Gasteiger partial charge in [0.25, 0.3) is 5.91 Å². The third-order valence-electron chi connectivity index (χ3n) is 3.74. The zero-order valence-corrected chi connectivity index (χ0v) is 13.8. The lowest BCUT2D eigenvalue weighted by Gasteiger charge is -2.15. The van der Waals surface area contributed by atoms with Gasteiger partial charge in [0, 0.05) is 23.6 Å². The molecule has 0 aliphatic carbocycles. The average molecular weight is 357 g/mol. The number of fused-ring (bicyclic) bond motifs is 1. The van der Waals surface area contributed by atoms with E-state index in [9.17, 15) is 22.8 Å². The molecule has 0 saturated heterocycles. The number of carbonyl (C=O) groups is 1. The molecule has 2 rings (SSSR count). The van der Waals surface area contributed by atoms with Crippen molar-refractivity contribution in [3.63, 3.8) is 0 Å². The topological polar surface area (TPSA) is 68.5 Å². The van der Waals surface area contributed by atoms with E-state index in [1.807, 2.05) is 13.8 Å². The molecule has 0 spiro atoms. The first-order valence-electron chi connectivity index (χ1n) is 7.81. The number of benzene rings is 1. The standard InChI is InChI=1S/C17H18F3NO4/c1-3-10(4-2)21-15(22)9-24-11-5-6-12-13(17(18,19)20)8-16(23)25-14(12)7-11/h5-8,10H,3-4,9H2,1-2H3,(H,21,22). The maximum Gasteiger partial charge on any atom is 0.417 e. The van der Waals surface area contributed by atoms with E-state index in [4.69, 9.17) is 9.15 Å². The Morgan fingerprint density at radius 1 is 1.24 bits per heavy atom. The van der Waals surface area contributed by atoms with E-state index in [0.29, 0.717) is 6.07 Å². The van der Waals surface area contributed by atoms with Gasteiger partial charge in [0.05, 0.1) is 5.56 Å². The Kier molecular flexibility index (Phi) is 5.71. The molecule has 1 amide bonds. The van der Waals surface area contributed by atoms with Gasteiger partial charge in [-0.2, -0.15) is 13.2 Å². The van der Waals surface area contributed by atoms with Crippen LogP contribution in [0.1, 0.15) is 32.3 Å². The number of carbonyl (C=O) groups excluding carboxylic acids is 1. The number of nitrogens with one attached hydrogen (secondary N) is 1. The molecular formula is C17H18F3NO4. The molecule has 0 aliphatic rings. The summed E-state index contributed by atoms with van der Waals surface area (Å²) in [5.41, 5.74) is -2.43. The Balaban J connectivity index is 2.19. The van der Waals surface area contributed by atoms with Gasteiger partial charge in [-0.1, -0.05) is 13.8 Å². The van der Waals surface area contributed by atoms with Crippen molar-refractivity contribution in [1.82, 2.24) is 5.32 Å². The zero-order valence-electron chi connectivity index (χ0n) is 13.8. The van der Waals surface area contributed by atoms with Crippen LogP contribution in [-0.2, 0) is 11.0 Å². The van der Waals surface area contributed by atoms with Crippen molar-refractivity contribution in [2.24, 2.45) is 0 Å². The van der Waals surface area contributed by atoms with E-state index in [1.165, 1.54) is 6.07 Å². The molecule has 1 heterocycles. The molecule has 0 fully saturated rings. The molecule has 25 heavy (non-hydrogen) atoms. The highest BCUT2D eigenvalue weighted by Gasteiger charge is 2.33. The minimum atomic E-state index is -4.67. The van der Waals surface area contributed by atoms with Crippen LogP contribution < -0.4 is 15.7 Å². The molecule has 2 aromatic rings. The predicted octanol–water partition coefficient (Wildman–Crippen LogP) is 3.50. The second kappa shape index (κ2) is 7.58. The average Bonchev–Trinajstić information content (AvgIpc) is 2.55. The zero-order chi connectivity index (χ0) is 18.6. The highest BCUT2D eigenvalue weighted by atomic mass is 19.4. The highest BCUT2D eigenvalue weighted by molar-refractivity contribution is 5.82. The van der Waals surface area contributed by atoms with Crippen LogP contribution in [0.4, 0.5) is 13.2 Å². The molecule has 0 unspecified atom stereocenters. The molecule has 1 aromatic carbocycles. The molecule has 8 heteroatoms. The summed E-state index contributed by atoms with van der Waals surface area (Å²) in [5, 5.41) is 2.53. The first kappa shape index (κ1) is 18.8. The summed E-state index contributed by atoms with van der Waals surface area (Å²) in [4.78, 5) is 23.1. The van der Waals surface area contributed by atoms with Gasteiger partial charge in [-0.15, -0.1) is 0 Å². The largest absolute Gasteiger partial charge is 0.484 e. The summed E-state index contributed by atoms with van der Waals surface area (Å²) in [6.45, 7) is 3.60. The fourth-order valence-electron chi connectivity index (χ4n) is 2.38. The number of rotatable bonds is 6. The first-order valence-corrected chi connectivity index (χ1v) is 7.81. The van der Waals surface area contributed by atoms with Crippen LogP contribution in [0.5, 0.6) is 5.75 Å². The van der Waals surface area contributed by atoms with Crippen molar-refractivity contribution >= 4 is 16.9 Å². The Hall–Kier alpha value is -2.51. The van der Waals surface area contributed by atoms with Crippen LogP contribution in [0.25, 0.3) is 11.0 Å². The molecule has 1 aromatic heterocycles. The molecule has 0 radical (unpaired) electrons. The number of hydrogen-bond donors (Lipinski definition) is 1. The van der Waals surface area contributed by atoms with Crippen LogP contribution in [0, 0.1) is 0 Å². The number of alkyl halides is 3. The van der Waals surface area contributed by atoms with Gasteiger partial charge in [-0.25, -0.2) is 4.79 Å². The van der Waals surface area contributed by atoms with Crippen molar-refractivity contribution < 1.29 is 27.1 Å². The second-order valence-corrected chi connectivity index (χ2v) is 5.50. The van der Waals surface area contributed by atoms with Crippen molar-refractivity contribution in [3.8, 4) is 5.75 Å². The fourth-order valence-corrected chi connectivity index (χ4v) is 2.38. The van der Waals surface area contributed by atoms with Crippen molar-refractivity contribution in [3.05, 3.63) is 40.2 Å². The van der Waals surface area contributed by atoms with Gasteiger partial charge in [-0.3, -0.25) is 4.79 Å². The summed E-state index contributed by atoms with van der Waals surface area (Å²) in [6.07, 6.45) is -3.11. The van der Waals surface area contributed by atoms with E-state index >= 15 is 0 Å². The van der Waals surface area contributed by atoms with E-state index in [1.54, 1.807) is 0 Å². The number of halogens is 3. The monoisotopic (exact) mass is 357 g/mol. The lowest BCUT2D eigenvalue weighted by atomic mass is 10.1. The maximum atomic E-state index is 13.0. The van der Waals surface area contributed by atoms with E-state index in [-0.39, 0.29) is 35.3 Å². The second-order valence-electron chi connectivity index (χ2n) is 5.50. The van der Waals surface area contributed by atoms with Crippen LogP contribution in [0.2, 0.25) is 0 Å². The van der Waals surface area contributed by atoms with Gasteiger partial charge in [0.1, 0.15) is 11.3 Å². The molecule has 1 N–H and O–H groups in total. The number of hydrogen-bond acceptors (Lipinski definition) is 4. The van der Waals surface area contributed by atoms with Crippen LogP contribution in [0.15, 0.2) is 33.5 Å². The molecule has 0 aliphatic heterocycles. The van der Waals surface area contributed by atoms with Gasteiger partial charge in [0.15, 0.2) is 6.61 Å². The third kappa shape index (κ3) is 4.74. The Labute approximate surface area is 141 Å². The summed E-state index contributed by atoms with van der Waals surface area (Å²) in [5.74, 6) is -0.200. The molecule has 0 bridgehead atoms. The minimum Gasteiger partial charge on any atom is -0.484 e. The van der Waals surface area contributed by atoms with E-state index in [2.05, 4.69) is 5.32 Å². The van der Waals surface area contributed by atoms with E-state index in [0.717, 1.165) is 25.0 Å². The Morgan fingerprint density at radius 3 is 2.52 bits per heavy atom. The Morgan fingerprint density at radius 2 is 1.92 bits per heavy atom. The summed E-state index contributed by atoms with van der Waals surface area (Å²) >= 11 is 0. The minimum absolute atomic E-state index is 0.0417. The SMILES string of the molecule is CCC(CC)NC(=O)COc1ccc2c(C(F)(F)F)cc(=O)oc2c1. The molecule has 0 saturated carbocycles. The smallest absolute Gasteiger partial charge is 0.417 e. The lowest BCUT2D eigenvalue weighted by molar-refractivity contribution is -0.136. The van der Waals surface area contributed by atoms with Gasteiger partial charge in [-0.05, 0) is 25.0 Å². The number of ether oxygens (including phenoxy) is 1. The van der Waals surface area contributed by atoms with Crippen LogP contribution in [0.3, 0.4) is 0 Å².